The van der Waals surface area contributed by atoms with Crippen molar-refractivity contribution in [3.63, 3.8) is 0 Å². The number of ether oxygens (including phenoxy) is 1. The average molecular weight is 188 g/mol. The standard InChI is InChI=1S/C6H5F5O/c1-2-3-4(7,8)5(9)6(10,11)12-5/h2H,1,3H2. The van der Waals surface area contributed by atoms with Gasteiger partial charge < -0.3 is 0 Å². The van der Waals surface area contributed by atoms with Gasteiger partial charge in [-0.1, -0.05) is 6.08 Å². The average Bonchev–Trinajstić information content (AvgIpc) is 2.34. The summed E-state index contributed by atoms with van der Waals surface area (Å²) in [6.45, 7) is 2.89. The summed E-state index contributed by atoms with van der Waals surface area (Å²) in [7, 11) is 0. The predicted octanol–water partition coefficient (Wildman–Crippen LogP) is 2.49. The molecule has 0 aromatic rings. The van der Waals surface area contributed by atoms with E-state index >= 15 is 0 Å². The van der Waals surface area contributed by atoms with Crippen LogP contribution in [0.25, 0.3) is 0 Å². The number of alkyl halides is 5. The van der Waals surface area contributed by atoms with Crippen LogP contribution < -0.4 is 0 Å². The van der Waals surface area contributed by atoms with Crippen LogP contribution in [0.5, 0.6) is 0 Å². The van der Waals surface area contributed by atoms with Crippen molar-refractivity contribution in [2.45, 2.75) is 24.3 Å². The van der Waals surface area contributed by atoms with Crippen molar-refractivity contribution in [2.75, 3.05) is 0 Å². The Morgan fingerprint density at radius 1 is 1.33 bits per heavy atom. The molecule has 0 amide bonds. The first-order chi connectivity index (χ1) is 5.27. The second-order valence-corrected chi connectivity index (χ2v) is 2.41. The van der Waals surface area contributed by atoms with Gasteiger partial charge in [0.05, 0.1) is 0 Å². The van der Waals surface area contributed by atoms with E-state index in [4.69, 9.17) is 0 Å². The highest BCUT2D eigenvalue weighted by Crippen LogP contribution is 2.60. The maximum atomic E-state index is 12.5. The van der Waals surface area contributed by atoms with Crippen LogP contribution in [0.4, 0.5) is 22.0 Å². The molecule has 1 aliphatic rings. The molecule has 0 aliphatic carbocycles. The van der Waals surface area contributed by atoms with Crippen LogP contribution in [-0.4, -0.2) is 17.9 Å². The van der Waals surface area contributed by atoms with E-state index in [1.807, 2.05) is 0 Å². The van der Waals surface area contributed by atoms with Crippen LogP contribution in [0.15, 0.2) is 12.7 Å². The van der Waals surface area contributed by atoms with Crippen LogP contribution in [0.1, 0.15) is 6.42 Å². The smallest absolute Gasteiger partial charge is 0.265 e. The first-order valence-corrected chi connectivity index (χ1v) is 3.02. The van der Waals surface area contributed by atoms with Gasteiger partial charge in [0.25, 0.3) is 0 Å². The Labute approximate surface area is 64.8 Å². The third-order valence-corrected chi connectivity index (χ3v) is 1.47. The lowest BCUT2D eigenvalue weighted by atomic mass is 10.1. The van der Waals surface area contributed by atoms with E-state index in [1.165, 1.54) is 0 Å². The Kier molecular flexibility index (Phi) is 1.72. The predicted molar refractivity (Wildman–Crippen MR) is 29.6 cm³/mol. The Morgan fingerprint density at radius 3 is 2.00 bits per heavy atom. The molecular formula is C6H5F5O. The molecule has 6 heteroatoms. The monoisotopic (exact) mass is 188 g/mol. The van der Waals surface area contributed by atoms with Crippen molar-refractivity contribution in [3.05, 3.63) is 12.7 Å². The molecule has 1 unspecified atom stereocenters. The molecule has 0 bridgehead atoms. The first kappa shape index (κ1) is 9.44. The van der Waals surface area contributed by atoms with Gasteiger partial charge in [0.15, 0.2) is 0 Å². The molecule has 1 heterocycles. The number of epoxide rings is 1. The van der Waals surface area contributed by atoms with Crippen molar-refractivity contribution < 1.29 is 26.7 Å². The lowest BCUT2D eigenvalue weighted by Gasteiger charge is -2.14. The summed E-state index contributed by atoms with van der Waals surface area (Å²) < 4.78 is 64.1. The van der Waals surface area contributed by atoms with Crippen molar-refractivity contribution in [1.82, 2.24) is 0 Å². The lowest BCUT2D eigenvalue weighted by Crippen LogP contribution is -2.36. The third kappa shape index (κ3) is 1.01. The number of hydrogen-bond acceptors (Lipinski definition) is 1. The molecule has 0 aromatic carbocycles. The van der Waals surface area contributed by atoms with E-state index in [9.17, 15) is 22.0 Å². The summed E-state index contributed by atoms with van der Waals surface area (Å²) in [5, 5.41) is 0. The fourth-order valence-corrected chi connectivity index (χ4v) is 0.751. The van der Waals surface area contributed by atoms with Crippen molar-refractivity contribution in [1.29, 1.82) is 0 Å². The Hall–Kier alpha value is -0.650. The highest BCUT2D eigenvalue weighted by Gasteiger charge is 2.87. The number of halogens is 5. The molecule has 1 nitrogen and oxygen atoms in total. The fourth-order valence-electron chi connectivity index (χ4n) is 0.751. The van der Waals surface area contributed by atoms with E-state index in [0.717, 1.165) is 0 Å². The normalized spacial score (nSPS) is 33.1. The van der Waals surface area contributed by atoms with Gasteiger partial charge in [0.1, 0.15) is 0 Å². The molecule has 0 aromatic heterocycles. The summed E-state index contributed by atoms with van der Waals surface area (Å²) in [6, 6.07) is 0. The molecule has 1 rings (SSSR count). The van der Waals surface area contributed by atoms with E-state index in [1.54, 1.807) is 0 Å². The van der Waals surface area contributed by atoms with Gasteiger partial charge in [0.2, 0.25) is 0 Å². The third-order valence-electron chi connectivity index (χ3n) is 1.47. The molecular weight excluding hydrogens is 183 g/mol. The topological polar surface area (TPSA) is 12.5 Å². The zero-order chi connectivity index (χ0) is 9.62. The van der Waals surface area contributed by atoms with Gasteiger partial charge >= 0.3 is 17.9 Å². The van der Waals surface area contributed by atoms with Gasteiger partial charge in [-0.2, -0.15) is 22.0 Å². The van der Waals surface area contributed by atoms with Crippen molar-refractivity contribution >= 4 is 0 Å². The second-order valence-electron chi connectivity index (χ2n) is 2.41. The summed E-state index contributed by atoms with van der Waals surface area (Å²) >= 11 is 0. The first-order valence-electron chi connectivity index (χ1n) is 3.02. The molecule has 0 saturated carbocycles. The second kappa shape index (κ2) is 2.18. The molecule has 0 spiro atoms. The maximum absolute atomic E-state index is 12.5. The maximum Gasteiger partial charge on any atom is 0.424 e. The van der Waals surface area contributed by atoms with Crippen LogP contribution in [0.3, 0.4) is 0 Å². The summed E-state index contributed by atoms with van der Waals surface area (Å²) in [4.78, 5) is 0. The number of hydrogen-bond donors (Lipinski definition) is 0. The van der Waals surface area contributed by atoms with Gasteiger partial charge in [-0.25, -0.2) is 0 Å². The lowest BCUT2D eigenvalue weighted by molar-refractivity contribution is -0.140. The van der Waals surface area contributed by atoms with Crippen LogP contribution >= 0.6 is 0 Å². The molecule has 1 atom stereocenters. The van der Waals surface area contributed by atoms with E-state index in [2.05, 4.69) is 11.3 Å². The molecule has 0 N–H and O–H groups in total. The van der Waals surface area contributed by atoms with Crippen molar-refractivity contribution in [3.8, 4) is 0 Å². The molecule has 1 fully saturated rings. The molecule has 1 saturated heterocycles. The van der Waals surface area contributed by atoms with E-state index in [0.29, 0.717) is 6.08 Å². The number of rotatable bonds is 3. The Balaban J connectivity index is 2.77. The quantitative estimate of drug-likeness (QED) is 0.376. The SMILES string of the molecule is C=CCC(F)(F)C1(F)OC1(F)F. The molecule has 70 valence electrons. The minimum atomic E-state index is -4.38. The highest BCUT2D eigenvalue weighted by atomic mass is 19.3. The summed E-state index contributed by atoms with van der Waals surface area (Å²) in [5.41, 5.74) is 0. The fraction of sp³-hybridized carbons (Fsp3) is 0.667. The van der Waals surface area contributed by atoms with Gasteiger partial charge in [-0.3, -0.25) is 4.74 Å². The molecule has 1 aliphatic heterocycles. The summed E-state index contributed by atoms with van der Waals surface area (Å²) in [6.07, 6.45) is -4.91. The van der Waals surface area contributed by atoms with Crippen LogP contribution in [0.2, 0.25) is 0 Å². The van der Waals surface area contributed by atoms with E-state index in [-0.39, 0.29) is 0 Å². The largest absolute Gasteiger partial charge is 0.424 e. The zero-order valence-electron chi connectivity index (χ0n) is 5.79. The minimum absolute atomic E-state index is 0.652. The number of allylic oxidation sites excluding steroid dienone is 1. The summed E-state index contributed by atoms with van der Waals surface area (Å²) in [5.74, 6) is -8.37. The zero-order valence-corrected chi connectivity index (χ0v) is 5.79. The molecule has 0 radical (unpaired) electrons. The Bertz CT molecular complexity index is 214. The minimum Gasteiger partial charge on any atom is -0.265 e. The molecule has 12 heavy (non-hydrogen) atoms. The van der Waals surface area contributed by atoms with Crippen LogP contribution in [-0.2, 0) is 4.74 Å². The van der Waals surface area contributed by atoms with Gasteiger partial charge in [-0.05, 0) is 0 Å². The van der Waals surface area contributed by atoms with Gasteiger partial charge in [0, 0.05) is 6.42 Å². The van der Waals surface area contributed by atoms with Crippen molar-refractivity contribution in [2.24, 2.45) is 0 Å². The van der Waals surface area contributed by atoms with E-state index < -0.39 is 24.3 Å². The highest BCUT2D eigenvalue weighted by molar-refractivity contribution is 5.06. The van der Waals surface area contributed by atoms with Crippen LogP contribution in [0, 0.1) is 0 Å². The Morgan fingerprint density at radius 2 is 1.75 bits per heavy atom. The van der Waals surface area contributed by atoms with Gasteiger partial charge in [-0.15, -0.1) is 6.58 Å².